The van der Waals surface area contributed by atoms with E-state index in [1.807, 2.05) is 24.0 Å². The van der Waals surface area contributed by atoms with E-state index in [0.717, 1.165) is 44.2 Å². The molecule has 7 nitrogen and oxygen atoms in total. The van der Waals surface area contributed by atoms with Gasteiger partial charge in [0.1, 0.15) is 5.69 Å². The van der Waals surface area contributed by atoms with Crippen LogP contribution in [0.15, 0.2) is 30.3 Å². The minimum absolute atomic E-state index is 0.166. The molecule has 0 saturated carbocycles. The number of aromatic nitrogens is 2. The number of amides is 1. The molecule has 1 amide bonds. The lowest BCUT2D eigenvalue weighted by Gasteiger charge is -2.26. The molecule has 0 bridgehead atoms. The molecule has 1 aromatic carbocycles. The van der Waals surface area contributed by atoms with E-state index in [9.17, 15) is 4.79 Å². The predicted molar refractivity (Wildman–Crippen MR) is 110 cm³/mol. The first-order chi connectivity index (χ1) is 13.6. The third kappa shape index (κ3) is 5.27. The third-order valence-electron chi connectivity index (χ3n) is 4.76. The number of hydrogen-bond donors (Lipinski definition) is 1. The fourth-order valence-corrected chi connectivity index (χ4v) is 3.27. The standard InChI is InChI=1S/C21H29N5O2/c1-4-26(18-7-5-6-16(2)14-18)21-23-17(3)15-19(24-21)20(27)22-8-9-25-10-12-28-13-11-25/h5-7,14-15H,4,8-13H2,1-3H3,(H,22,27). The van der Waals surface area contributed by atoms with Gasteiger partial charge in [-0.1, -0.05) is 12.1 Å². The second kappa shape index (κ2) is 9.61. The Morgan fingerprint density at radius 3 is 2.71 bits per heavy atom. The topological polar surface area (TPSA) is 70.6 Å². The van der Waals surface area contributed by atoms with Crippen LogP contribution in [-0.2, 0) is 4.74 Å². The van der Waals surface area contributed by atoms with Gasteiger partial charge in [-0.2, -0.15) is 0 Å². The Hall–Kier alpha value is -2.51. The quantitative estimate of drug-likeness (QED) is 0.791. The number of aryl methyl sites for hydroxylation is 2. The van der Waals surface area contributed by atoms with Crippen molar-refractivity contribution in [3.8, 4) is 0 Å². The maximum absolute atomic E-state index is 12.6. The fraction of sp³-hybridized carbons (Fsp3) is 0.476. The zero-order valence-corrected chi connectivity index (χ0v) is 16.9. The van der Waals surface area contributed by atoms with Crippen LogP contribution in [0.2, 0.25) is 0 Å². The number of morpholine rings is 1. The summed E-state index contributed by atoms with van der Waals surface area (Å²) in [7, 11) is 0. The largest absolute Gasteiger partial charge is 0.379 e. The second-order valence-corrected chi connectivity index (χ2v) is 6.99. The van der Waals surface area contributed by atoms with Crippen LogP contribution in [-0.4, -0.2) is 66.7 Å². The molecule has 0 atom stereocenters. The maximum atomic E-state index is 12.6. The molecular weight excluding hydrogens is 354 g/mol. The van der Waals surface area contributed by atoms with Gasteiger partial charge in [0.2, 0.25) is 5.95 Å². The molecule has 0 unspecified atom stereocenters. The highest BCUT2D eigenvalue weighted by Gasteiger charge is 2.16. The van der Waals surface area contributed by atoms with Gasteiger partial charge < -0.3 is 15.0 Å². The molecule has 150 valence electrons. The molecule has 1 N–H and O–H groups in total. The first-order valence-electron chi connectivity index (χ1n) is 9.85. The van der Waals surface area contributed by atoms with Gasteiger partial charge in [-0.05, 0) is 44.5 Å². The molecule has 2 aromatic rings. The molecule has 0 spiro atoms. The van der Waals surface area contributed by atoms with Crippen LogP contribution in [0.1, 0.15) is 28.7 Å². The van der Waals surface area contributed by atoms with Crippen molar-refractivity contribution in [3.63, 3.8) is 0 Å². The monoisotopic (exact) mass is 383 g/mol. The predicted octanol–water partition coefficient (Wildman–Crippen LogP) is 2.31. The van der Waals surface area contributed by atoms with Crippen molar-refractivity contribution < 1.29 is 9.53 Å². The molecule has 28 heavy (non-hydrogen) atoms. The fourth-order valence-electron chi connectivity index (χ4n) is 3.27. The van der Waals surface area contributed by atoms with Crippen molar-refractivity contribution in [2.45, 2.75) is 20.8 Å². The number of ether oxygens (including phenoxy) is 1. The van der Waals surface area contributed by atoms with Crippen molar-refractivity contribution in [2.75, 3.05) is 50.8 Å². The summed E-state index contributed by atoms with van der Waals surface area (Å²) in [6.45, 7) is 11.5. The van der Waals surface area contributed by atoms with Crippen molar-refractivity contribution in [1.82, 2.24) is 20.2 Å². The zero-order valence-electron chi connectivity index (χ0n) is 16.9. The summed E-state index contributed by atoms with van der Waals surface area (Å²) in [4.78, 5) is 26.0. The minimum Gasteiger partial charge on any atom is -0.379 e. The second-order valence-electron chi connectivity index (χ2n) is 6.99. The molecular formula is C21H29N5O2. The SMILES string of the molecule is CCN(c1cccc(C)c1)c1nc(C)cc(C(=O)NCCN2CCOCC2)n1. The van der Waals surface area contributed by atoms with Gasteiger partial charge in [0.15, 0.2) is 0 Å². The number of nitrogens with zero attached hydrogens (tertiary/aromatic N) is 4. The number of anilines is 2. The summed E-state index contributed by atoms with van der Waals surface area (Å²) in [5.74, 6) is 0.381. The molecule has 2 heterocycles. The summed E-state index contributed by atoms with van der Waals surface area (Å²) >= 11 is 0. The first kappa shape index (κ1) is 20.2. The number of carbonyl (C=O) groups excluding carboxylic acids is 1. The number of rotatable bonds is 7. The van der Waals surface area contributed by atoms with Crippen molar-refractivity contribution in [2.24, 2.45) is 0 Å². The Morgan fingerprint density at radius 1 is 1.21 bits per heavy atom. The van der Waals surface area contributed by atoms with Gasteiger partial charge in [0.05, 0.1) is 13.2 Å². The molecule has 1 aliphatic heterocycles. The summed E-state index contributed by atoms with van der Waals surface area (Å²) in [5, 5.41) is 2.98. The number of carbonyl (C=O) groups is 1. The summed E-state index contributed by atoms with van der Waals surface area (Å²) in [6, 6.07) is 9.93. The van der Waals surface area contributed by atoms with E-state index in [4.69, 9.17) is 4.74 Å². The van der Waals surface area contributed by atoms with E-state index in [0.29, 0.717) is 24.7 Å². The van der Waals surface area contributed by atoms with E-state index < -0.39 is 0 Å². The van der Waals surface area contributed by atoms with E-state index in [2.05, 4.69) is 46.2 Å². The molecule has 3 rings (SSSR count). The highest BCUT2D eigenvalue weighted by molar-refractivity contribution is 5.92. The normalized spacial score (nSPS) is 14.7. The summed E-state index contributed by atoms with van der Waals surface area (Å²) in [5.41, 5.74) is 3.36. The van der Waals surface area contributed by atoms with Crippen molar-refractivity contribution in [3.05, 3.63) is 47.3 Å². The Balaban J connectivity index is 1.70. The number of benzene rings is 1. The Bertz CT molecular complexity index is 805. The molecule has 1 aromatic heterocycles. The van der Waals surface area contributed by atoms with E-state index in [1.54, 1.807) is 6.07 Å². The Labute approximate surface area is 166 Å². The highest BCUT2D eigenvalue weighted by atomic mass is 16.5. The molecule has 1 saturated heterocycles. The lowest BCUT2D eigenvalue weighted by Crippen LogP contribution is -2.41. The highest BCUT2D eigenvalue weighted by Crippen LogP contribution is 2.23. The molecule has 1 aliphatic rings. The van der Waals surface area contributed by atoms with Gasteiger partial charge in [-0.15, -0.1) is 0 Å². The van der Waals surface area contributed by atoms with Gasteiger partial charge in [0.25, 0.3) is 5.91 Å². The molecule has 1 fully saturated rings. The van der Waals surface area contributed by atoms with Gasteiger partial charge in [0, 0.05) is 44.1 Å². The zero-order chi connectivity index (χ0) is 19.9. The van der Waals surface area contributed by atoms with Crippen LogP contribution in [0.3, 0.4) is 0 Å². The van der Waals surface area contributed by atoms with Crippen LogP contribution in [0.4, 0.5) is 11.6 Å². The summed E-state index contributed by atoms with van der Waals surface area (Å²) in [6.07, 6.45) is 0. The van der Waals surface area contributed by atoms with Gasteiger partial charge in [-0.3, -0.25) is 9.69 Å². The van der Waals surface area contributed by atoms with Crippen LogP contribution >= 0.6 is 0 Å². The van der Waals surface area contributed by atoms with Crippen molar-refractivity contribution >= 4 is 17.5 Å². The first-order valence-corrected chi connectivity index (χ1v) is 9.85. The molecule has 0 radical (unpaired) electrons. The number of nitrogens with one attached hydrogen (secondary N) is 1. The average molecular weight is 383 g/mol. The van der Waals surface area contributed by atoms with E-state index >= 15 is 0 Å². The lowest BCUT2D eigenvalue weighted by molar-refractivity contribution is 0.0383. The maximum Gasteiger partial charge on any atom is 0.270 e. The van der Waals surface area contributed by atoms with Crippen molar-refractivity contribution in [1.29, 1.82) is 0 Å². The number of hydrogen-bond acceptors (Lipinski definition) is 6. The molecule has 0 aliphatic carbocycles. The van der Waals surface area contributed by atoms with Gasteiger partial charge >= 0.3 is 0 Å². The smallest absolute Gasteiger partial charge is 0.270 e. The average Bonchev–Trinajstić information content (AvgIpc) is 2.69. The van der Waals surface area contributed by atoms with Gasteiger partial charge in [-0.25, -0.2) is 9.97 Å². The minimum atomic E-state index is -0.166. The van der Waals surface area contributed by atoms with E-state index in [1.165, 1.54) is 5.56 Å². The van der Waals surface area contributed by atoms with Crippen LogP contribution < -0.4 is 10.2 Å². The Morgan fingerprint density at radius 2 is 2.00 bits per heavy atom. The van der Waals surface area contributed by atoms with Crippen LogP contribution in [0, 0.1) is 13.8 Å². The molecule has 7 heteroatoms. The van der Waals surface area contributed by atoms with Crippen LogP contribution in [0.25, 0.3) is 0 Å². The third-order valence-corrected chi connectivity index (χ3v) is 4.76. The lowest BCUT2D eigenvalue weighted by atomic mass is 10.2. The summed E-state index contributed by atoms with van der Waals surface area (Å²) < 4.78 is 5.35. The van der Waals surface area contributed by atoms with Crippen LogP contribution in [0.5, 0.6) is 0 Å². The van der Waals surface area contributed by atoms with E-state index in [-0.39, 0.29) is 5.91 Å². The Kier molecular flexibility index (Phi) is 6.95.